The van der Waals surface area contributed by atoms with E-state index >= 15 is 0 Å². The van der Waals surface area contributed by atoms with Crippen molar-refractivity contribution in [2.75, 3.05) is 7.11 Å². The zero-order valence-electron chi connectivity index (χ0n) is 13.0. The molecule has 2 aromatic rings. The first-order chi connectivity index (χ1) is 11.1. The van der Waals surface area contributed by atoms with Crippen molar-refractivity contribution in [2.24, 2.45) is 5.92 Å². The molecular formula is C19H19F3O. The number of allylic oxidation sites excluding steroid dienone is 1. The molecular weight excluding hydrogens is 301 g/mol. The molecule has 0 spiro atoms. The van der Waals surface area contributed by atoms with E-state index in [2.05, 4.69) is 6.58 Å². The van der Waals surface area contributed by atoms with Gasteiger partial charge in [-0.05, 0) is 60.6 Å². The van der Waals surface area contributed by atoms with E-state index in [1.807, 2.05) is 6.08 Å². The number of hydrogen-bond acceptors (Lipinski definition) is 1. The fourth-order valence-electron chi connectivity index (χ4n) is 3.50. The first-order valence-electron chi connectivity index (χ1n) is 7.83. The lowest BCUT2D eigenvalue weighted by Crippen LogP contribution is -2.13. The Morgan fingerprint density at radius 3 is 2.35 bits per heavy atom. The van der Waals surface area contributed by atoms with Crippen LogP contribution in [0.1, 0.15) is 37.2 Å². The van der Waals surface area contributed by atoms with Crippen molar-refractivity contribution < 1.29 is 17.9 Å². The van der Waals surface area contributed by atoms with Crippen LogP contribution in [-0.4, -0.2) is 7.11 Å². The molecule has 0 aliphatic heterocycles. The second-order valence-electron chi connectivity index (χ2n) is 6.12. The van der Waals surface area contributed by atoms with Crippen LogP contribution in [0, 0.1) is 23.4 Å². The maximum Gasteiger partial charge on any atom is 0.175 e. The lowest BCUT2D eigenvalue weighted by atomic mass is 9.78. The summed E-state index contributed by atoms with van der Waals surface area (Å²) in [4.78, 5) is 0. The van der Waals surface area contributed by atoms with Crippen molar-refractivity contribution in [1.29, 1.82) is 0 Å². The lowest BCUT2D eigenvalue weighted by molar-refractivity contribution is 0.364. The molecule has 0 saturated heterocycles. The quantitative estimate of drug-likeness (QED) is 0.657. The minimum Gasteiger partial charge on any atom is -0.494 e. The van der Waals surface area contributed by atoms with Gasteiger partial charge in [0.05, 0.1) is 12.5 Å². The van der Waals surface area contributed by atoms with Crippen molar-refractivity contribution in [3.63, 3.8) is 0 Å². The van der Waals surface area contributed by atoms with Gasteiger partial charge in [-0.1, -0.05) is 12.1 Å². The molecule has 0 unspecified atom stereocenters. The van der Waals surface area contributed by atoms with Gasteiger partial charge in [-0.15, -0.1) is 6.58 Å². The van der Waals surface area contributed by atoms with Crippen molar-refractivity contribution in [2.45, 2.75) is 31.6 Å². The van der Waals surface area contributed by atoms with E-state index in [0.29, 0.717) is 16.9 Å². The van der Waals surface area contributed by atoms with E-state index in [-0.39, 0.29) is 17.1 Å². The van der Waals surface area contributed by atoms with E-state index in [0.717, 1.165) is 25.7 Å². The highest BCUT2D eigenvalue weighted by atomic mass is 19.2. The first-order valence-corrected chi connectivity index (χ1v) is 7.83. The fourth-order valence-corrected chi connectivity index (χ4v) is 3.50. The third-order valence-electron chi connectivity index (χ3n) is 4.88. The van der Waals surface area contributed by atoms with Crippen LogP contribution in [0.25, 0.3) is 10.8 Å². The predicted octanol–water partition coefficient (Wildman–Crippen LogP) is 5.73. The molecule has 0 radical (unpaired) electrons. The van der Waals surface area contributed by atoms with Crippen LogP contribution in [0.15, 0.2) is 30.9 Å². The standard InChI is InChI=1S/C19H19F3O/c1-3-11-4-6-12(7-5-11)14-10-13-8-9-15(23-2)18(21)16(13)19(22)17(14)20/h3,8-12H,1,4-7H2,2H3. The summed E-state index contributed by atoms with van der Waals surface area (Å²) in [5, 5.41) is 0.0217. The lowest BCUT2D eigenvalue weighted by Gasteiger charge is -2.27. The molecule has 3 rings (SSSR count). The van der Waals surface area contributed by atoms with Crippen LogP contribution in [0.5, 0.6) is 5.75 Å². The molecule has 0 N–H and O–H groups in total. The summed E-state index contributed by atoms with van der Waals surface area (Å²) in [6.45, 7) is 3.79. The largest absolute Gasteiger partial charge is 0.494 e. The smallest absolute Gasteiger partial charge is 0.175 e. The molecule has 1 nitrogen and oxygen atoms in total. The summed E-state index contributed by atoms with van der Waals surface area (Å²) in [5.41, 5.74) is 0.349. The molecule has 0 aromatic heterocycles. The first kappa shape index (κ1) is 15.9. The highest BCUT2D eigenvalue weighted by Crippen LogP contribution is 2.40. The number of fused-ring (bicyclic) bond motifs is 1. The Morgan fingerprint density at radius 2 is 1.74 bits per heavy atom. The Kier molecular flexibility index (Phi) is 4.33. The highest BCUT2D eigenvalue weighted by molar-refractivity contribution is 5.86. The van der Waals surface area contributed by atoms with Gasteiger partial charge in [0.15, 0.2) is 23.2 Å². The van der Waals surface area contributed by atoms with Crippen LogP contribution in [-0.2, 0) is 0 Å². The Morgan fingerprint density at radius 1 is 1.04 bits per heavy atom. The Bertz CT molecular complexity index is 746. The van der Waals surface area contributed by atoms with Crippen LogP contribution < -0.4 is 4.74 Å². The number of hydrogen-bond donors (Lipinski definition) is 0. The minimum absolute atomic E-state index is 0.0322. The average molecular weight is 320 g/mol. The topological polar surface area (TPSA) is 9.23 Å². The van der Waals surface area contributed by atoms with Gasteiger partial charge < -0.3 is 4.74 Å². The molecule has 1 aliphatic rings. The molecule has 122 valence electrons. The zero-order valence-corrected chi connectivity index (χ0v) is 13.0. The molecule has 4 heteroatoms. The second kappa shape index (κ2) is 6.26. The molecule has 23 heavy (non-hydrogen) atoms. The van der Waals surface area contributed by atoms with Crippen molar-refractivity contribution in [1.82, 2.24) is 0 Å². The summed E-state index contributed by atoms with van der Waals surface area (Å²) in [6, 6.07) is 4.58. The molecule has 1 aliphatic carbocycles. The van der Waals surface area contributed by atoms with Gasteiger partial charge in [0.25, 0.3) is 0 Å². The number of halogens is 3. The van der Waals surface area contributed by atoms with Gasteiger partial charge in [-0.3, -0.25) is 0 Å². The SMILES string of the molecule is C=CC1CCC(c2cc3ccc(OC)c(F)c3c(F)c2F)CC1. The van der Waals surface area contributed by atoms with Gasteiger partial charge in [0, 0.05) is 0 Å². The second-order valence-corrected chi connectivity index (χ2v) is 6.12. The molecule has 0 heterocycles. The summed E-state index contributed by atoms with van der Waals surface area (Å²) < 4.78 is 48.0. The van der Waals surface area contributed by atoms with Crippen LogP contribution >= 0.6 is 0 Å². The van der Waals surface area contributed by atoms with Crippen molar-refractivity contribution in [3.8, 4) is 5.75 Å². The van der Waals surface area contributed by atoms with Gasteiger partial charge in [-0.25, -0.2) is 13.2 Å². The zero-order chi connectivity index (χ0) is 16.6. The molecule has 0 amide bonds. The molecule has 0 bridgehead atoms. The average Bonchev–Trinajstić information content (AvgIpc) is 2.58. The number of ether oxygens (including phenoxy) is 1. The predicted molar refractivity (Wildman–Crippen MR) is 85.3 cm³/mol. The van der Waals surface area contributed by atoms with Crippen molar-refractivity contribution >= 4 is 10.8 Å². The van der Waals surface area contributed by atoms with Crippen molar-refractivity contribution in [3.05, 3.63) is 53.9 Å². The fraction of sp³-hybridized carbons (Fsp3) is 0.368. The summed E-state index contributed by atoms with van der Waals surface area (Å²) >= 11 is 0. The summed E-state index contributed by atoms with van der Waals surface area (Å²) in [7, 11) is 1.30. The molecule has 2 aromatic carbocycles. The number of rotatable bonds is 3. The Hall–Kier alpha value is -1.97. The monoisotopic (exact) mass is 320 g/mol. The minimum atomic E-state index is -1.13. The Labute approximate surface area is 133 Å². The van der Waals surface area contributed by atoms with E-state index in [9.17, 15) is 13.2 Å². The number of benzene rings is 2. The van der Waals surface area contributed by atoms with E-state index in [1.165, 1.54) is 13.2 Å². The Balaban J connectivity index is 2.06. The summed E-state index contributed by atoms with van der Waals surface area (Å²) in [5.74, 6) is -2.60. The van der Waals surface area contributed by atoms with Gasteiger partial charge in [0.1, 0.15) is 0 Å². The normalized spacial score (nSPS) is 21.4. The van der Waals surface area contributed by atoms with E-state index in [4.69, 9.17) is 4.74 Å². The van der Waals surface area contributed by atoms with Crippen LogP contribution in [0.2, 0.25) is 0 Å². The van der Waals surface area contributed by atoms with E-state index < -0.39 is 17.5 Å². The van der Waals surface area contributed by atoms with Gasteiger partial charge in [-0.2, -0.15) is 0 Å². The molecule has 1 fully saturated rings. The third-order valence-corrected chi connectivity index (χ3v) is 4.88. The maximum absolute atomic E-state index is 14.5. The third kappa shape index (κ3) is 2.71. The number of methoxy groups -OCH3 is 1. The van der Waals surface area contributed by atoms with Gasteiger partial charge in [0.2, 0.25) is 0 Å². The maximum atomic E-state index is 14.5. The molecule has 0 atom stereocenters. The highest BCUT2D eigenvalue weighted by Gasteiger charge is 2.26. The van der Waals surface area contributed by atoms with Crippen LogP contribution in [0.4, 0.5) is 13.2 Å². The van der Waals surface area contributed by atoms with E-state index in [1.54, 1.807) is 12.1 Å². The summed E-state index contributed by atoms with van der Waals surface area (Å²) in [6.07, 6.45) is 5.35. The molecule has 1 saturated carbocycles. The van der Waals surface area contributed by atoms with Gasteiger partial charge >= 0.3 is 0 Å². The van der Waals surface area contributed by atoms with Crippen LogP contribution in [0.3, 0.4) is 0 Å².